The Morgan fingerprint density at radius 1 is 1.50 bits per heavy atom. The summed E-state index contributed by atoms with van der Waals surface area (Å²) in [6, 6.07) is 0. The molecule has 2 rings (SSSR count). The third kappa shape index (κ3) is 2.30. The van der Waals surface area contributed by atoms with E-state index in [-0.39, 0.29) is 0 Å². The van der Waals surface area contributed by atoms with Gasteiger partial charge in [0.05, 0.1) is 26.3 Å². The molecule has 0 bridgehead atoms. The van der Waals surface area contributed by atoms with E-state index in [1.807, 2.05) is 0 Å². The molecule has 2 aromatic rings. The number of thiazole rings is 1. The number of ether oxygens (including phenoxy) is 1. The summed E-state index contributed by atoms with van der Waals surface area (Å²) in [6.45, 7) is 0.427. The zero-order valence-electron chi connectivity index (χ0n) is 8.48. The van der Waals surface area contributed by atoms with Gasteiger partial charge in [0, 0.05) is 13.3 Å². The smallest absolute Gasteiger partial charge is 0.173 e. The van der Waals surface area contributed by atoms with Crippen LogP contribution in [0.25, 0.3) is 10.7 Å². The van der Waals surface area contributed by atoms with E-state index in [4.69, 9.17) is 10.5 Å². The van der Waals surface area contributed by atoms with Crippen LogP contribution in [0, 0.1) is 3.57 Å². The Morgan fingerprint density at radius 3 is 2.94 bits per heavy atom. The van der Waals surface area contributed by atoms with Crippen LogP contribution in [0.4, 0.5) is 5.82 Å². The van der Waals surface area contributed by atoms with Gasteiger partial charge >= 0.3 is 0 Å². The normalized spacial score (nSPS) is 10.6. The number of rotatable bonds is 3. The van der Waals surface area contributed by atoms with Crippen molar-refractivity contribution in [3.05, 3.63) is 21.0 Å². The van der Waals surface area contributed by atoms with Gasteiger partial charge in [0.1, 0.15) is 5.82 Å². The summed E-state index contributed by atoms with van der Waals surface area (Å²) in [5.41, 5.74) is 8.37. The molecular weight excluding hydrogens is 339 g/mol. The number of methoxy groups -OCH3 is 1. The Hall–Kier alpha value is -0.800. The third-order valence-electron chi connectivity index (χ3n) is 1.88. The maximum Gasteiger partial charge on any atom is 0.173 e. The van der Waals surface area contributed by atoms with Crippen LogP contribution >= 0.6 is 33.9 Å². The minimum absolute atomic E-state index is 0.427. The first-order valence-corrected chi connectivity index (χ1v) is 6.38. The maximum absolute atomic E-state index is 5.83. The molecule has 0 spiro atoms. The van der Waals surface area contributed by atoms with E-state index in [1.54, 1.807) is 18.8 Å². The van der Waals surface area contributed by atoms with Crippen molar-refractivity contribution in [2.24, 2.45) is 0 Å². The molecule has 0 fully saturated rings. The highest BCUT2D eigenvalue weighted by Crippen LogP contribution is 2.24. The van der Waals surface area contributed by atoms with Gasteiger partial charge in [-0.25, -0.2) is 9.97 Å². The quantitative estimate of drug-likeness (QED) is 0.858. The molecule has 84 valence electrons. The Morgan fingerprint density at radius 2 is 2.31 bits per heavy atom. The molecule has 0 aliphatic heterocycles. The van der Waals surface area contributed by atoms with E-state index in [2.05, 4.69) is 37.5 Å². The lowest BCUT2D eigenvalue weighted by molar-refractivity contribution is 0.181. The zero-order valence-corrected chi connectivity index (χ0v) is 11.4. The van der Waals surface area contributed by atoms with E-state index in [1.165, 1.54) is 11.3 Å². The first kappa shape index (κ1) is 11.7. The first-order valence-electron chi connectivity index (χ1n) is 4.42. The molecule has 0 radical (unpaired) electrons. The van der Waals surface area contributed by atoms with Gasteiger partial charge in [-0.2, -0.15) is 0 Å². The molecule has 7 heteroatoms. The number of nitrogens with zero attached hydrogens (tertiary/aromatic N) is 3. The maximum atomic E-state index is 5.83. The molecule has 0 aromatic carbocycles. The molecule has 0 aliphatic carbocycles. The summed E-state index contributed by atoms with van der Waals surface area (Å²) < 4.78 is 5.91. The van der Waals surface area contributed by atoms with Gasteiger partial charge in [0.15, 0.2) is 5.82 Å². The summed E-state index contributed by atoms with van der Waals surface area (Å²) in [6.07, 6.45) is 1.73. The summed E-state index contributed by atoms with van der Waals surface area (Å²) in [5.74, 6) is 1.08. The standard InChI is InChI=1S/C9H9IN4OS/c1-15-3-5-7(10)8(11)14-9(13-5)6-2-12-4-16-6/h2,4H,3H2,1H3,(H2,11,13,14). The van der Waals surface area contributed by atoms with Gasteiger partial charge in [-0.05, 0) is 22.6 Å². The number of nitrogens with two attached hydrogens (primary N) is 1. The van der Waals surface area contributed by atoms with Gasteiger partial charge in [-0.3, -0.25) is 4.98 Å². The molecule has 0 saturated heterocycles. The second kappa shape index (κ2) is 5.02. The topological polar surface area (TPSA) is 73.9 Å². The van der Waals surface area contributed by atoms with Crippen LogP contribution in [-0.2, 0) is 11.3 Å². The number of nitrogen functional groups attached to an aromatic ring is 1. The lowest BCUT2D eigenvalue weighted by Crippen LogP contribution is -2.05. The van der Waals surface area contributed by atoms with Crippen LogP contribution in [0.15, 0.2) is 11.7 Å². The van der Waals surface area contributed by atoms with Crippen LogP contribution in [0.5, 0.6) is 0 Å². The summed E-state index contributed by atoms with van der Waals surface area (Å²) in [5, 5.41) is 0. The first-order chi connectivity index (χ1) is 7.72. The van der Waals surface area contributed by atoms with Gasteiger partial charge in [0.25, 0.3) is 0 Å². The second-order valence-electron chi connectivity index (χ2n) is 2.99. The molecule has 0 aliphatic rings. The van der Waals surface area contributed by atoms with Crippen LogP contribution < -0.4 is 5.73 Å². The predicted molar refractivity (Wildman–Crippen MR) is 71.0 cm³/mol. The zero-order chi connectivity index (χ0) is 11.5. The Balaban J connectivity index is 2.48. The molecule has 5 nitrogen and oxygen atoms in total. The molecule has 2 N–H and O–H groups in total. The number of halogens is 1. The second-order valence-corrected chi connectivity index (χ2v) is 4.96. The van der Waals surface area contributed by atoms with E-state index >= 15 is 0 Å². The molecule has 0 amide bonds. The highest BCUT2D eigenvalue weighted by molar-refractivity contribution is 14.1. The van der Waals surface area contributed by atoms with E-state index in [0.29, 0.717) is 18.2 Å². The van der Waals surface area contributed by atoms with Crippen molar-refractivity contribution in [2.75, 3.05) is 12.8 Å². The van der Waals surface area contributed by atoms with Crippen molar-refractivity contribution in [3.63, 3.8) is 0 Å². The van der Waals surface area contributed by atoms with Gasteiger partial charge in [-0.15, -0.1) is 11.3 Å². The molecule has 16 heavy (non-hydrogen) atoms. The van der Waals surface area contributed by atoms with Crippen LogP contribution in [0.1, 0.15) is 5.69 Å². The number of aromatic nitrogens is 3. The lowest BCUT2D eigenvalue weighted by atomic mass is 10.4. The van der Waals surface area contributed by atoms with Crippen molar-refractivity contribution < 1.29 is 4.74 Å². The number of hydrogen-bond donors (Lipinski definition) is 1. The number of anilines is 1. The molecule has 2 heterocycles. The Bertz CT molecular complexity index is 489. The summed E-state index contributed by atoms with van der Waals surface area (Å²) in [7, 11) is 1.63. The predicted octanol–water partition coefficient (Wildman–Crippen LogP) is 1.93. The van der Waals surface area contributed by atoms with E-state index < -0.39 is 0 Å². The summed E-state index contributed by atoms with van der Waals surface area (Å²) in [4.78, 5) is 13.5. The van der Waals surface area contributed by atoms with Gasteiger partial charge < -0.3 is 10.5 Å². The molecular formula is C9H9IN4OS. The van der Waals surface area contributed by atoms with Crippen molar-refractivity contribution in [3.8, 4) is 10.7 Å². The number of hydrogen-bond acceptors (Lipinski definition) is 6. The van der Waals surface area contributed by atoms with Gasteiger partial charge in [0.2, 0.25) is 0 Å². The van der Waals surface area contributed by atoms with Gasteiger partial charge in [-0.1, -0.05) is 0 Å². The fraction of sp³-hybridized carbons (Fsp3) is 0.222. The fourth-order valence-electron chi connectivity index (χ4n) is 1.18. The fourth-order valence-corrected chi connectivity index (χ4v) is 2.13. The van der Waals surface area contributed by atoms with E-state index in [0.717, 1.165) is 14.1 Å². The van der Waals surface area contributed by atoms with Crippen LogP contribution in [0.3, 0.4) is 0 Å². The molecule has 0 unspecified atom stereocenters. The minimum Gasteiger partial charge on any atom is -0.383 e. The monoisotopic (exact) mass is 348 g/mol. The average Bonchev–Trinajstić information content (AvgIpc) is 2.78. The lowest BCUT2D eigenvalue weighted by Gasteiger charge is -2.06. The van der Waals surface area contributed by atoms with Crippen molar-refractivity contribution in [1.29, 1.82) is 0 Å². The largest absolute Gasteiger partial charge is 0.383 e. The van der Waals surface area contributed by atoms with Crippen molar-refractivity contribution in [2.45, 2.75) is 6.61 Å². The molecule has 0 atom stereocenters. The Kier molecular flexibility index (Phi) is 3.66. The highest BCUT2D eigenvalue weighted by Gasteiger charge is 2.11. The minimum atomic E-state index is 0.427. The van der Waals surface area contributed by atoms with Crippen LogP contribution in [0.2, 0.25) is 0 Å². The average molecular weight is 348 g/mol. The molecule has 0 saturated carbocycles. The Labute approximate surface area is 110 Å². The third-order valence-corrected chi connectivity index (χ3v) is 3.82. The highest BCUT2D eigenvalue weighted by atomic mass is 127. The van der Waals surface area contributed by atoms with Crippen molar-refractivity contribution in [1.82, 2.24) is 15.0 Å². The summed E-state index contributed by atoms with van der Waals surface area (Å²) >= 11 is 3.60. The van der Waals surface area contributed by atoms with Crippen molar-refractivity contribution >= 4 is 39.7 Å². The SMILES string of the molecule is COCc1nc(-c2cncs2)nc(N)c1I. The van der Waals surface area contributed by atoms with E-state index in [9.17, 15) is 0 Å². The molecule has 2 aromatic heterocycles. The van der Waals surface area contributed by atoms with Crippen LogP contribution in [-0.4, -0.2) is 22.1 Å².